The maximum Gasteiger partial charge on any atom is 0.135 e. The van der Waals surface area contributed by atoms with Crippen molar-refractivity contribution in [1.29, 1.82) is 0 Å². The molecule has 0 saturated carbocycles. The van der Waals surface area contributed by atoms with Crippen LogP contribution in [-0.2, 0) is 0 Å². The molecule has 1 aromatic heterocycles. The Hall–Kier alpha value is -1.36. The fraction of sp³-hybridized carbons (Fsp3) is 0.750. The van der Waals surface area contributed by atoms with Gasteiger partial charge in [0.05, 0.1) is 0 Å². The van der Waals surface area contributed by atoms with Crippen LogP contribution in [0.4, 0.5) is 11.6 Å². The fourth-order valence-electron chi connectivity index (χ4n) is 2.64. The molecule has 1 unspecified atom stereocenters. The molecule has 0 bridgehead atoms. The van der Waals surface area contributed by atoms with Crippen molar-refractivity contribution in [3.63, 3.8) is 0 Å². The van der Waals surface area contributed by atoms with E-state index < -0.39 is 0 Å². The van der Waals surface area contributed by atoms with Gasteiger partial charge in [-0.3, -0.25) is 0 Å². The molecule has 21 heavy (non-hydrogen) atoms. The van der Waals surface area contributed by atoms with E-state index in [2.05, 4.69) is 67.3 Å². The van der Waals surface area contributed by atoms with Crippen molar-refractivity contribution < 1.29 is 0 Å². The van der Waals surface area contributed by atoms with E-state index >= 15 is 0 Å². The highest BCUT2D eigenvalue weighted by Crippen LogP contribution is 2.28. The maximum absolute atomic E-state index is 4.48. The highest BCUT2D eigenvalue weighted by molar-refractivity contribution is 5.59. The van der Waals surface area contributed by atoms with Crippen molar-refractivity contribution in [2.24, 2.45) is 5.92 Å². The van der Waals surface area contributed by atoms with Crippen LogP contribution in [0.2, 0.25) is 0 Å². The zero-order chi connectivity index (χ0) is 16.0. The predicted molar refractivity (Wildman–Crippen MR) is 91.1 cm³/mol. The summed E-state index contributed by atoms with van der Waals surface area (Å²) in [7, 11) is 6.12. The standard InChI is InChI=1S/C16H31N5/c1-11(2)8-13(9-21(6)7)20-16-14(12(3)4)15(17-5)18-10-19-16/h10-13H,8-9H2,1-7H3,(H2,17,18,19,20). The highest BCUT2D eigenvalue weighted by atomic mass is 15.1. The van der Waals surface area contributed by atoms with Crippen LogP contribution in [0.25, 0.3) is 0 Å². The molecule has 0 aliphatic heterocycles. The number of anilines is 2. The van der Waals surface area contributed by atoms with Crippen molar-refractivity contribution in [2.45, 2.75) is 46.1 Å². The molecular formula is C16H31N5. The monoisotopic (exact) mass is 293 g/mol. The number of rotatable bonds is 8. The Morgan fingerprint density at radius 1 is 1.10 bits per heavy atom. The van der Waals surface area contributed by atoms with Crippen molar-refractivity contribution in [3.05, 3.63) is 11.9 Å². The Morgan fingerprint density at radius 2 is 1.71 bits per heavy atom. The van der Waals surface area contributed by atoms with Crippen molar-refractivity contribution >= 4 is 11.6 Å². The van der Waals surface area contributed by atoms with Crippen LogP contribution in [0, 0.1) is 5.92 Å². The lowest BCUT2D eigenvalue weighted by molar-refractivity contribution is 0.356. The second-order valence-electron chi connectivity index (χ2n) is 6.62. The molecule has 1 atom stereocenters. The van der Waals surface area contributed by atoms with Crippen LogP contribution < -0.4 is 10.6 Å². The van der Waals surface area contributed by atoms with Gasteiger partial charge in [-0.15, -0.1) is 0 Å². The van der Waals surface area contributed by atoms with Gasteiger partial charge in [-0.1, -0.05) is 27.7 Å². The van der Waals surface area contributed by atoms with E-state index in [1.807, 2.05) is 7.05 Å². The molecule has 0 aliphatic carbocycles. The molecule has 5 nitrogen and oxygen atoms in total. The molecule has 2 N–H and O–H groups in total. The van der Waals surface area contributed by atoms with Crippen molar-refractivity contribution in [1.82, 2.24) is 14.9 Å². The predicted octanol–water partition coefficient (Wildman–Crippen LogP) is 3.03. The first-order valence-electron chi connectivity index (χ1n) is 7.79. The molecule has 1 heterocycles. The van der Waals surface area contributed by atoms with Gasteiger partial charge in [0.15, 0.2) is 0 Å². The number of hydrogen-bond acceptors (Lipinski definition) is 5. The Kier molecular flexibility index (Phi) is 6.89. The summed E-state index contributed by atoms with van der Waals surface area (Å²) in [6.07, 6.45) is 2.75. The van der Waals surface area contributed by atoms with Gasteiger partial charge in [0.2, 0.25) is 0 Å². The fourth-order valence-corrected chi connectivity index (χ4v) is 2.64. The summed E-state index contributed by atoms with van der Waals surface area (Å²) in [5.74, 6) is 2.89. The van der Waals surface area contributed by atoms with Gasteiger partial charge >= 0.3 is 0 Å². The van der Waals surface area contributed by atoms with Crippen LogP contribution in [0.5, 0.6) is 0 Å². The number of hydrogen-bond donors (Lipinski definition) is 2. The van der Waals surface area contributed by atoms with Crippen LogP contribution in [0.15, 0.2) is 6.33 Å². The third kappa shape index (κ3) is 5.50. The third-order valence-corrected chi connectivity index (χ3v) is 3.38. The summed E-state index contributed by atoms with van der Waals surface area (Å²) in [4.78, 5) is 11.0. The minimum atomic E-state index is 0.371. The van der Waals surface area contributed by atoms with E-state index in [1.54, 1.807) is 6.33 Å². The normalized spacial score (nSPS) is 13.0. The Bertz CT molecular complexity index is 419. The van der Waals surface area contributed by atoms with Gasteiger partial charge in [-0.25, -0.2) is 9.97 Å². The number of likely N-dealkylation sites (N-methyl/N-ethyl adjacent to an activating group) is 1. The largest absolute Gasteiger partial charge is 0.373 e. The van der Waals surface area contributed by atoms with Gasteiger partial charge in [0.1, 0.15) is 18.0 Å². The SMILES string of the molecule is CNc1ncnc(NC(CC(C)C)CN(C)C)c1C(C)C. The lowest BCUT2D eigenvalue weighted by Crippen LogP contribution is -2.34. The van der Waals surface area contributed by atoms with Gasteiger partial charge in [-0.05, 0) is 32.4 Å². The van der Waals surface area contributed by atoms with Crippen LogP contribution in [0.3, 0.4) is 0 Å². The van der Waals surface area contributed by atoms with Crippen LogP contribution >= 0.6 is 0 Å². The second kappa shape index (κ2) is 8.17. The molecule has 1 aromatic rings. The zero-order valence-electron chi connectivity index (χ0n) is 14.6. The summed E-state index contributed by atoms with van der Waals surface area (Å²) < 4.78 is 0. The van der Waals surface area contributed by atoms with Crippen LogP contribution in [0.1, 0.15) is 45.6 Å². The molecule has 5 heteroatoms. The number of aromatic nitrogens is 2. The Labute approximate surface area is 129 Å². The summed E-state index contributed by atoms with van der Waals surface area (Å²) in [6.45, 7) is 9.86. The first-order valence-corrected chi connectivity index (χ1v) is 7.79. The maximum atomic E-state index is 4.48. The average molecular weight is 293 g/mol. The molecule has 0 aromatic carbocycles. The van der Waals surface area contributed by atoms with Crippen molar-refractivity contribution in [2.75, 3.05) is 38.3 Å². The second-order valence-corrected chi connectivity index (χ2v) is 6.62. The summed E-state index contributed by atoms with van der Waals surface area (Å²) in [5, 5.41) is 6.80. The lowest BCUT2D eigenvalue weighted by atomic mass is 10.0. The smallest absolute Gasteiger partial charge is 0.135 e. The van der Waals surface area contributed by atoms with Crippen molar-refractivity contribution in [3.8, 4) is 0 Å². The lowest BCUT2D eigenvalue weighted by Gasteiger charge is -2.26. The molecule has 120 valence electrons. The summed E-state index contributed by atoms with van der Waals surface area (Å²) in [6, 6.07) is 0.386. The topological polar surface area (TPSA) is 53.1 Å². The third-order valence-electron chi connectivity index (χ3n) is 3.38. The summed E-state index contributed by atoms with van der Waals surface area (Å²) >= 11 is 0. The molecule has 0 aliphatic rings. The molecule has 0 spiro atoms. The molecule has 0 amide bonds. The van der Waals surface area contributed by atoms with E-state index in [4.69, 9.17) is 0 Å². The molecule has 1 rings (SSSR count). The van der Waals surface area contributed by atoms with E-state index in [1.165, 1.54) is 0 Å². The van der Waals surface area contributed by atoms with E-state index in [0.29, 0.717) is 17.9 Å². The van der Waals surface area contributed by atoms with Crippen LogP contribution in [-0.4, -0.2) is 48.6 Å². The minimum Gasteiger partial charge on any atom is -0.373 e. The van der Waals surface area contributed by atoms with Gasteiger partial charge < -0.3 is 15.5 Å². The summed E-state index contributed by atoms with van der Waals surface area (Å²) in [5.41, 5.74) is 1.16. The number of nitrogens with zero attached hydrogens (tertiary/aromatic N) is 3. The zero-order valence-corrected chi connectivity index (χ0v) is 14.6. The Balaban J connectivity index is 3.02. The number of nitrogens with one attached hydrogen (secondary N) is 2. The Morgan fingerprint density at radius 3 is 2.19 bits per heavy atom. The molecule has 0 radical (unpaired) electrons. The quantitative estimate of drug-likeness (QED) is 0.771. The molecular weight excluding hydrogens is 262 g/mol. The van der Waals surface area contributed by atoms with E-state index in [9.17, 15) is 0 Å². The first-order chi connectivity index (χ1) is 9.85. The van der Waals surface area contributed by atoms with Gasteiger partial charge in [0, 0.05) is 25.2 Å². The van der Waals surface area contributed by atoms with E-state index in [0.717, 1.165) is 30.2 Å². The highest BCUT2D eigenvalue weighted by Gasteiger charge is 2.18. The van der Waals surface area contributed by atoms with Gasteiger partial charge in [-0.2, -0.15) is 0 Å². The van der Waals surface area contributed by atoms with Gasteiger partial charge in [0.25, 0.3) is 0 Å². The average Bonchev–Trinajstić information content (AvgIpc) is 2.36. The molecule has 0 saturated heterocycles. The first kappa shape index (κ1) is 17.7. The minimum absolute atomic E-state index is 0.371. The molecule has 0 fully saturated rings. The van der Waals surface area contributed by atoms with E-state index in [-0.39, 0.29) is 0 Å².